The SMILES string of the molecule is O=C(Nc1cccnc1)c1cccc2c1N=C(c1cccc(N3CCOCC3)c1)C2. The number of benzene rings is 2. The molecule has 1 amide bonds. The molecule has 0 radical (unpaired) electrons. The minimum atomic E-state index is -0.174. The molecule has 6 heteroatoms. The molecule has 3 heterocycles. The van der Waals surface area contributed by atoms with Crippen LogP contribution in [0.3, 0.4) is 0 Å². The molecular weight excluding hydrogens is 376 g/mol. The topological polar surface area (TPSA) is 66.8 Å². The zero-order chi connectivity index (χ0) is 20.3. The van der Waals surface area contributed by atoms with Gasteiger partial charge in [-0.2, -0.15) is 0 Å². The largest absolute Gasteiger partial charge is 0.378 e. The van der Waals surface area contributed by atoms with E-state index in [-0.39, 0.29) is 5.91 Å². The van der Waals surface area contributed by atoms with E-state index in [4.69, 9.17) is 9.73 Å². The monoisotopic (exact) mass is 398 g/mol. The third-order valence-electron chi connectivity index (χ3n) is 5.44. The van der Waals surface area contributed by atoms with Gasteiger partial charge >= 0.3 is 0 Å². The van der Waals surface area contributed by atoms with Gasteiger partial charge in [0.15, 0.2) is 0 Å². The second-order valence-electron chi connectivity index (χ2n) is 7.39. The van der Waals surface area contributed by atoms with E-state index in [2.05, 4.69) is 39.5 Å². The summed E-state index contributed by atoms with van der Waals surface area (Å²) in [6, 6.07) is 17.9. The number of nitrogens with zero attached hydrogens (tertiary/aromatic N) is 3. The van der Waals surface area contributed by atoms with Gasteiger partial charge in [0.05, 0.1) is 42.1 Å². The molecule has 1 aromatic heterocycles. The summed E-state index contributed by atoms with van der Waals surface area (Å²) < 4.78 is 5.46. The van der Waals surface area contributed by atoms with Crippen LogP contribution in [0.2, 0.25) is 0 Å². The molecule has 0 spiro atoms. The molecule has 5 rings (SSSR count). The fourth-order valence-corrected chi connectivity index (χ4v) is 3.91. The number of aromatic nitrogens is 1. The van der Waals surface area contributed by atoms with Crippen molar-refractivity contribution < 1.29 is 9.53 Å². The van der Waals surface area contributed by atoms with Gasteiger partial charge in [-0.25, -0.2) is 0 Å². The normalized spacial score (nSPS) is 15.5. The Morgan fingerprint density at radius 3 is 2.73 bits per heavy atom. The summed E-state index contributed by atoms with van der Waals surface area (Å²) in [6.07, 6.45) is 4.03. The zero-order valence-electron chi connectivity index (χ0n) is 16.5. The summed E-state index contributed by atoms with van der Waals surface area (Å²) in [6.45, 7) is 3.31. The molecule has 0 atom stereocenters. The first-order valence-electron chi connectivity index (χ1n) is 10.1. The number of amides is 1. The molecule has 1 fully saturated rings. The van der Waals surface area contributed by atoms with Gasteiger partial charge in [-0.05, 0) is 41.5 Å². The third kappa shape index (κ3) is 3.69. The maximum atomic E-state index is 12.9. The van der Waals surface area contributed by atoms with Crippen molar-refractivity contribution in [1.29, 1.82) is 0 Å². The van der Waals surface area contributed by atoms with E-state index >= 15 is 0 Å². The number of fused-ring (bicyclic) bond motifs is 1. The highest BCUT2D eigenvalue weighted by Gasteiger charge is 2.22. The first-order valence-corrected chi connectivity index (χ1v) is 10.1. The third-order valence-corrected chi connectivity index (χ3v) is 5.44. The van der Waals surface area contributed by atoms with E-state index in [1.807, 2.05) is 24.3 Å². The van der Waals surface area contributed by atoms with Crippen LogP contribution in [0.25, 0.3) is 0 Å². The first kappa shape index (κ1) is 18.5. The molecule has 3 aromatic rings. The van der Waals surface area contributed by atoms with Gasteiger partial charge in [-0.3, -0.25) is 14.8 Å². The molecule has 2 aliphatic heterocycles. The standard InChI is InChI=1S/C24H22N4O2/c29-24(26-19-6-3-9-25-16-19)21-8-2-5-18-15-22(27-23(18)21)17-4-1-7-20(14-17)28-10-12-30-13-11-28/h1-9,14,16H,10-13,15H2,(H,26,29). The number of hydrogen-bond donors (Lipinski definition) is 1. The Labute approximate surface area is 175 Å². The molecule has 2 aliphatic rings. The van der Waals surface area contributed by atoms with Crippen molar-refractivity contribution in [2.24, 2.45) is 4.99 Å². The van der Waals surface area contributed by atoms with Gasteiger partial charge in [0.1, 0.15) is 0 Å². The van der Waals surface area contributed by atoms with Crippen LogP contribution in [-0.4, -0.2) is 42.9 Å². The lowest BCUT2D eigenvalue weighted by atomic mass is 10.0. The Morgan fingerprint density at radius 1 is 1.03 bits per heavy atom. The quantitative estimate of drug-likeness (QED) is 0.725. The number of pyridine rings is 1. The van der Waals surface area contributed by atoms with Crippen LogP contribution in [0.4, 0.5) is 17.1 Å². The molecule has 0 unspecified atom stereocenters. The maximum Gasteiger partial charge on any atom is 0.257 e. The number of morpholine rings is 1. The zero-order valence-corrected chi connectivity index (χ0v) is 16.5. The molecule has 2 aromatic carbocycles. The van der Waals surface area contributed by atoms with Crippen LogP contribution in [0, 0.1) is 0 Å². The van der Waals surface area contributed by atoms with Crippen LogP contribution in [0.15, 0.2) is 72.0 Å². The van der Waals surface area contributed by atoms with Gasteiger partial charge in [-0.1, -0.05) is 24.3 Å². The van der Waals surface area contributed by atoms with E-state index in [0.717, 1.165) is 55.3 Å². The number of anilines is 2. The number of carbonyl (C=O) groups is 1. The van der Waals surface area contributed by atoms with Gasteiger partial charge < -0.3 is 15.0 Å². The minimum Gasteiger partial charge on any atom is -0.378 e. The molecule has 0 saturated carbocycles. The second kappa shape index (κ2) is 8.08. The lowest BCUT2D eigenvalue weighted by Gasteiger charge is -2.29. The molecule has 6 nitrogen and oxygen atoms in total. The van der Waals surface area contributed by atoms with E-state index in [9.17, 15) is 4.79 Å². The summed E-state index contributed by atoms with van der Waals surface area (Å²) in [5, 5.41) is 2.91. The molecule has 0 aliphatic carbocycles. The van der Waals surface area contributed by atoms with E-state index in [1.165, 1.54) is 5.69 Å². The number of hydrogen-bond acceptors (Lipinski definition) is 5. The predicted octanol–water partition coefficient (Wildman–Crippen LogP) is 3.85. The highest BCUT2D eigenvalue weighted by molar-refractivity contribution is 6.13. The van der Waals surface area contributed by atoms with Crippen LogP contribution in [0.5, 0.6) is 0 Å². The summed E-state index contributed by atoms with van der Waals surface area (Å²) in [7, 11) is 0. The molecule has 1 saturated heterocycles. The van der Waals surface area contributed by atoms with Crippen molar-refractivity contribution in [3.8, 4) is 0 Å². The Balaban J connectivity index is 1.42. The molecule has 0 bridgehead atoms. The average molecular weight is 398 g/mol. The molecular formula is C24H22N4O2. The lowest BCUT2D eigenvalue weighted by Crippen LogP contribution is -2.36. The van der Waals surface area contributed by atoms with Gasteiger partial charge in [0.25, 0.3) is 5.91 Å². The summed E-state index contributed by atoms with van der Waals surface area (Å²) in [5.74, 6) is -0.174. The van der Waals surface area contributed by atoms with Crippen molar-refractivity contribution in [2.45, 2.75) is 6.42 Å². The fraction of sp³-hybridized carbons (Fsp3) is 0.208. The number of ether oxygens (including phenoxy) is 1. The van der Waals surface area contributed by atoms with Crippen LogP contribution in [-0.2, 0) is 11.2 Å². The van der Waals surface area contributed by atoms with E-state index in [0.29, 0.717) is 11.3 Å². The highest BCUT2D eigenvalue weighted by Crippen LogP contribution is 2.33. The summed E-state index contributed by atoms with van der Waals surface area (Å²) in [4.78, 5) is 24.1. The van der Waals surface area contributed by atoms with Crippen molar-refractivity contribution in [3.05, 3.63) is 83.7 Å². The Morgan fingerprint density at radius 2 is 1.90 bits per heavy atom. The van der Waals surface area contributed by atoms with Crippen LogP contribution < -0.4 is 10.2 Å². The number of carbonyl (C=O) groups excluding carboxylic acids is 1. The fourth-order valence-electron chi connectivity index (χ4n) is 3.91. The Kier molecular flexibility index (Phi) is 4.99. The van der Waals surface area contributed by atoms with Gasteiger partial charge in [0.2, 0.25) is 0 Å². The van der Waals surface area contributed by atoms with Gasteiger partial charge in [0, 0.05) is 31.4 Å². The van der Waals surface area contributed by atoms with Crippen molar-refractivity contribution >= 4 is 28.7 Å². The number of nitrogens with one attached hydrogen (secondary N) is 1. The Bertz CT molecular complexity index is 1110. The Hall–Kier alpha value is -3.51. The maximum absolute atomic E-state index is 12.9. The van der Waals surface area contributed by atoms with E-state index in [1.54, 1.807) is 18.5 Å². The molecule has 150 valence electrons. The summed E-state index contributed by atoms with van der Waals surface area (Å²) >= 11 is 0. The van der Waals surface area contributed by atoms with Crippen molar-refractivity contribution in [3.63, 3.8) is 0 Å². The van der Waals surface area contributed by atoms with E-state index < -0.39 is 0 Å². The van der Waals surface area contributed by atoms with Crippen molar-refractivity contribution in [1.82, 2.24) is 4.98 Å². The number of rotatable bonds is 4. The van der Waals surface area contributed by atoms with Crippen molar-refractivity contribution in [2.75, 3.05) is 36.5 Å². The first-order chi connectivity index (χ1) is 14.8. The van der Waals surface area contributed by atoms with Crippen LogP contribution in [0.1, 0.15) is 21.5 Å². The lowest BCUT2D eigenvalue weighted by molar-refractivity contribution is 0.102. The predicted molar refractivity (Wildman–Crippen MR) is 118 cm³/mol. The smallest absolute Gasteiger partial charge is 0.257 e. The second-order valence-corrected chi connectivity index (χ2v) is 7.39. The average Bonchev–Trinajstić information content (AvgIpc) is 3.25. The van der Waals surface area contributed by atoms with Crippen LogP contribution >= 0.6 is 0 Å². The number of aliphatic imine (C=N–C) groups is 1. The summed E-state index contributed by atoms with van der Waals surface area (Å²) in [5.41, 5.74) is 6.34. The molecule has 1 N–H and O–H groups in total. The highest BCUT2D eigenvalue weighted by atomic mass is 16.5. The molecule has 30 heavy (non-hydrogen) atoms. The minimum absolute atomic E-state index is 0.174. The number of para-hydroxylation sites is 1. The van der Waals surface area contributed by atoms with Gasteiger partial charge in [-0.15, -0.1) is 0 Å².